The summed E-state index contributed by atoms with van der Waals surface area (Å²) in [6.07, 6.45) is 11.0. The third kappa shape index (κ3) is 3.40. The van der Waals surface area contributed by atoms with Crippen LogP contribution in [0.1, 0.15) is 13.8 Å². The van der Waals surface area contributed by atoms with Crippen LogP contribution in [0.25, 0.3) is 0 Å². The first kappa shape index (κ1) is 12.4. The summed E-state index contributed by atoms with van der Waals surface area (Å²) in [6.45, 7) is 8.59. The molecule has 0 amide bonds. The van der Waals surface area contributed by atoms with Gasteiger partial charge in [0.2, 0.25) is 0 Å². The van der Waals surface area contributed by atoms with E-state index in [-0.39, 0.29) is 0 Å². The lowest BCUT2D eigenvalue weighted by Gasteiger charge is -2.16. The highest BCUT2D eigenvalue weighted by Crippen LogP contribution is 2.08. The van der Waals surface area contributed by atoms with Crippen LogP contribution in [0.4, 0.5) is 0 Å². The van der Waals surface area contributed by atoms with Gasteiger partial charge in [0.1, 0.15) is 0 Å². The van der Waals surface area contributed by atoms with Gasteiger partial charge in [-0.05, 0) is 26.0 Å². The third-order valence-corrected chi connectivity index (χ3v) is 1.73. The lowest BCUT2D eigenvalue weighted by Crippen LogP contribution is -2.19. The summed E-state index contributed by atoms with van der Waals surface area (Å²) in [5.74, 6) is 0. The molecule has 0 aromatic rings. The molecule has 0 spiro atoms. The van der Waals surface area contributed by atoms with Crippen molar-refractivity contribution in [2.24, 2.45) is 0 Å². The van der Waals surface area contributed by atoms with Crippen molar-refractivity contribution in [3.8, 4) is 12.5 Å². The van der Waals surface area contributed by atoms with Gasteiger partial charge in [-0.25, -0.2) is 0 Å². The SMILES string of the molecule is C#CN(C)C(/C=C\C)=C(/C=C)NCC. The van der Waals surface area contributed by atoms with Crippen molar-refractivity contribution in [3.63, 3.8) is 0 Å². The van der Waals surface area contributed by atoms with E-state index in [2.05, 4.69) is 17.9 Å². The highest BCUT2D eigenvalue weighted by molar-refractivity contribution is 5.31. The van der Waals surface area contributed by atoms with E-state index in [0.29, 0.717) is 0 Å². The minimum Gasteiger partial charge on any atom is -0.384 e. The van der Waals surface area contributed by atoms with Crippen LogP contribution in [0.3, 0.4) is 0 Å². The molecule has 0 atom stereocenters. The Kier molecular flexibility index (Phi) is 6.06. The van der Waals surface area contributed by atoms with Gasteiger partial charge in [-0.3, -0.25) is 0 Å². The van der Waals surface area contributed by atoms with Crippen LogP contribution in [0, 0.1) is 12.5 Å². The molecule has 0 aliphatic rings. The smallest absolute Gasteiger partial charge is 0.0713 e. The number of nitrogens with one attached hydrogen (secondary N) is 1. The third-order valence-electron chi connectivity index (χ3n) is 1.73. The molecule has 0 aromatic heterocycles. The van der Waals surface area contributed by atoms with E-state index in [1.165, 1.54) is 0 Å². The molecule has 0 unspecified atom stereocenters. The van der Waals surface area contributed by atoms with Crippen LogP contribution in [0.15, 0.2) is 36.2 Å². The van der Waals surface area contributed by atoms with E-state index in [0.717, 1.165) is 17.9 Å². The molecule has 76 valence electrons. The molecule has 0 fully saturated rings. The Morgan fingerprint density at radius 3 is 2.64 bits per heavy atom. The van der Waals surface area contributed by atoms with Crippen molar-refractivity contribution in [1.29, 1.82) is 0 Å². The summed E-state index contributed by atoms with van der Waals surface area (Å²) in [5, 5.41) is 3.21. The Morgan fingerprint density at radius 1 is 1.64 bits per heavy atom. The van der Waals surface area contributed by atoms with Crippen LogP contribution in [-0.4, -0.2) is 18.5 Å². The molecule has 14 heavy (non-hydrogen) atoms. The fourth-order valence-corrected chi connectivity index (χ4v) is 1.07. The average molecular weight is 190 g/mol. The molecule has 0 saturated carbocycles. The molecule has 0 rings (SSSR count). The van der Waals surface area contributed by atoms with Gasteiger partial charge in [0, 0.05) is 19.6 Å². The van der Waals surface area contributed by atoms with Crippen molar-refractivity contribution in [2.45, 2.75) is 13.8 Å². The maximum atomic E-state index is 5.34. The fourth-order valence-electron chi connectivity index (χ4n) is 1.07. The molecular weight excluding hydrogens is 172 g/mol. The van der Waals surface area contributed by atoms with E-state index in [9.17, 15) is 0 Å². The highest BCUT2D eigenvalue weighted by Gasteiger charge is 2.03. The summed E-state index contributed by atoms with van der Waals surface area (Å²) < 4.78 is 0. The van der Waals surface area contributed by atoms with Crippen molar-refractivity contribution in [3.05, 3.63) is 36.2 Å². The van der Waals surface area contributed by atoms with E-state index < -0.39 is 0 Å². The second-order valence-corrected chi connectivity index (χ2v) is 2.72. The molecular formula is C12H18N2. The summed E-state index contributed by atoms with van der Waals surface area (Å²) >= 11 is 0. The predicted molar refractivity (Wildman–Crippen MR) is 62.3 cm³/mol. The number of nitrogens with zero attached hydrogens (tertiary/aromatic N) is 1. The van der Waals surface area contributed by atoms with Crippen molar-refractivity contribution in [2.75, 3.05) is 13.6 Å². The van der Waals surface area contributed by atoms with E-state index >= 15 is 0 Å². The molecule has 2 heteroatoms. The normalized spacial score (nSPS) is 11.9. The first-order valence-corrected chi connectivity index (χ1v) is 4.64. The maximum Gasteiger partial charge on any atom is 0.0713 e. The molecule has 0 radical (unpaired) electrons. The minimum atomic E-state index is 0.848. The average Bonchev–Trinajstić information content (AvgIpc) is 2.22. The lowest BCUT2D eigenvalue weighted by molar-refractivity contribution is 0.606. The zero-order chi connectivity index (χ0) is 11.0. The largest absolute Gasteiger partial charge is 0.384 e. The van der Waals surface area contributed by atoms with Gasteiger partial charge in [-0.15, -0.1) is 0 Å². The van der Waals surface area contributed by atoms with Crippen molar-refractivity contribution < 1.29 is 0 Å². The molecule has 0 aromatic carbocycles. The number of hydrogen-bond donors (Lipinski definition) is 1. The van der Waals surface area contributed by atoms with Crippen LogP contribution in [0.5, 0.6) is 0 Å². The Morgan fingerprint density at radius 2 is 2.29 bits per heavy atom. The first-order chi connectivity index (χ1) is 6.71. The molecule has 0 aliphatic carbocycles. The molecule has 0 saturated heterocycles. The van der Waals surface area contributed by atoms with Crippen LogP contribution >= 0.6 is 0 Å². The van der Waals surface area contributed by atoms with Crippen LogP contribution in [-0.2, 0) is 0 Å². The van der Waals surface area contributed by atoms with E-state index in [1.807, 2.05) is 33.0 Å². The van der Waals surface area contributed by atoms with Gasteiger partial charge in [0.25, 0.3) is 0 Å². The standard InChI is InChI=1S/C12H18N2/c1-6-10-12(14(5)9-4)11(7-2)13-8-3/h4,6-7,10,13H,2,8H2,1,3,5H3/b10-6-,12-11-. The van der Waals surface area contributed by atoms with E-state index in [4.69, 9.17) is 6.42 Å². The predicted octanol–water partition coefficient (Wildman–Crippen LogP) is 2.09. The zero-order valence-corrected chi connectivity index (χ0v) is 9.17. The monoisotopic (exact) mass is 190 g/mol. The summed E-state index contributed by atoms with van der Waals surface area (Å²) in [6, 6.07) is 2.56. The minimum absolute atomic E-state index is 0.848. The number of likely N-dealkylation sites (N-methyl/N-ethyl adjacent to an activating group) is 2. The summed E-state index contributed by atoms with van der Waals surface area (Å²) in [4.78, 5) is 1.72. The van der Waals surface area contributed by atoms with Gasteiger partial charge < -0.3 is 10.2 Å². The van der Waals surface area contributed by atoms with Crippen molar-refractivity contribution in [1.82, 2.24) is 10.2 Å². The van der Waals surface area contributed by atoms with Crippen molar-refractivity contribution >= 4 is 0 Å². The summed E-state index contributed by atoms with van der Waals surface area (Å²) in [5.41, 5.74) is 1.90. The number of hydrogen-bond acceptors (Lipinski definition) is 2. The van der Waals surface area contributed by atoms with Gasteiger partial charge in [-0.1, -0.05) is 19.1 Å². The van der Waals surface area contributed by atoms with E-state index in [1.54, 1.807) is 11.0 Å². The molecule has 0 heterocycles. The second kappa shape index (κ2) is 6.85. The van der Waals surface area contributed by atoms with Crippen LogP contribution < -0.4 is 5.32 Å². The van der Waals surface area contributed by atoms with Gasteiger partial charge >= 0.3 is 0 Å². The highest BCUT2D eigenvalue weighted by atomic mass is 15.1. The second-order valence-electron chi connectivity index (χ2n) is 2.72. The number of allylic oxidation sites excluding steroid dienone is 3. The lowest BCUT2D eigenvalue weighted by atomic mass is 10.2. The summed E-state index contributed by atoms with van der Waals surface area (Å²) in [7, 11) is 1.84. The molecule has 0 aliphatic heterocycles. The fraction of sp³-hybridized carbons (Fsp3) is 0.333. The van der Waals surface area contributed by atoms with Gasteiger partial charge in [0.15, 0.2) is 0 Å². The first-order valence-electron chi connectivity index (χ1n) is 4.64. The Bertz CT molecular complexity index is 279. The maximum absolute atomic E-state index is 5.34. The molecule has 2 nitrogen and oxygen atoms in total. The number of terminal acetylenes is 1. The zero-order valence-electron chi connectivity index (χ0n) is 9.17. The number of rotatable bonds is 5. The van der Waals surface area contributed by atoms with Crippen LogP contribution in [0.2, 0.25) is 0 Å². The quantitative estimate of drug-likeness (QED) is 0.406. The Labute approximate surface area is 87.0 Å². The topological polar surface area (TPSA) is 15.3 Å². The Hall–Kier alpha value is -1.62. The Balaban J connectivity index is 5.09. The molecule has 0 bridgehead atoms. The van der Waals surface area contributed by atoms with Gasteiger partial charge in [-0.2, -0.15) is 0 Å². The van der Waals surface area contributed by atoms with Gasteiger partial charge in [0.05, 0.1) is 11.4 Å². The molecule has 1 N–H and O–H groups in total.